The third-order valence-electron chi connectivity index (χ3n) is 4.74. The van der Waals surface area contributed by atoms with Gasteiger partial charge in [-0.2, -0.15) is 13.2 Å². The summed E-state index contributed by atoms with van der Waals surface area (Å²) in [6.45, 7) is 2.97. The van der Waals surface area contributed by atoms with E-state index in [1.54, 1.807) is 6.07 Å². The molecule has 6 heteroatoms. The number of halogens is 3. The molecular weight excluding hydrogens is 305 g/mol. The fourth-order valence-electron chi connectivity index (χ4n) is 3.37. The highest BCUT2D eigenvalue weighted by Crippen LogP contribution is 2.48. The lowest BCUT2D eigenvalue weighted by Crippen LogP contribution is -2.47. The van der Waals surface area contributed by atoms with Crippen molar-refractivity contribution in [3.63, 3.8) is 0 Å². The van der Waals surface area contributed by atoms with Crippen molar-refractivity contribution < 1.29 is 18.0 Å². The number of hydrogen-bond acceptors (Lipinski definition) is 2. The summed E-state index contributed by atoms with van der Waals surface area (Å²) in [5, 5.41) is 6.38. The van der Waals surface area contributed by atoms with Crippen molar-refractivity contribution in [2.75, 3.05) is 6.54 Å². The van der Waals surface area contributed by atoms with Crippen molar-refractivity contribution >= 4 is 5.91 Å². The molecule has 3 nitrogen and oxygen atoms in total. The second-order valence-electron chi connectivity index (χ2n) is 6.66. The fraction of sp³-hybridized carbons (Fsp3) is 0.588. The van der Waals surface area contributed by atoms with Crippen LogP contribution in [0.3, 0.4) is 0 Å². The first-order valence-electron chi connectivity index (χ1n) is 8.05. The highest BCUT2D eigenvalue weighted by Gasteiger charge is 2.45. The molecule has 2 fully saturated rings. The molecule has 2 aliphatic rings. The van der Waals surface area contributed by atoms with Crippen molar-refractivity contribution in [3.8, 4) is 0 Å². The topological polar surface area (TPSA) is 41.1 Å². The molecule has 4 atom stereocenters. The number of alkyl halides is 3. The highest BCUT2D eigenvalue weighted by molar-refractivity contribution is 5.83. The number of nitrogens with one attached hydrogen (secondary N) is 2. The van der Waals surface area contributed by atoms with E-state index < -0.39 is 11.7 Å². The average molecular weight is 326 g/mol. The molecule has 1 saturated heterocycles. The third-order valence-corrected chi connectivity index (χ3v) is 4.74. The first-order chi connectivity index (χ1) is 10.8. The van der Waals surface area contributed by atoms with Gasteiger partial charge in [-0.3, -0.25) is 4.79 Å². The summed E-state index contributed by atoms with van der Waals surface area (Å²) in [4.78, 5) is 12.3. The molecule has 2 N–H and O–H groups in total. The largest absolute Gasteiger partial charge is 0.416 e. The molecule has 0 spiro atoms. The Morgan fingerprint density at radius 1 is 1.30 bits per heavy atom. The van der Waals surface area contributed by atoms with Gasteiger partial charge in [0.1, 0.15) is 0 Å². The van der Waals surface area contributed by atoms with Crippen LogP contribution >= 0.6 is 0 Å². The summed E-state index contributed by atoms with van der Waals surface area (Å²) in [6, 6.07) is 5.88. The lowest BCUT2D eigenvalue weighted by molar-refractivity contribution is -0.137. The molecule has 0 radical (unpaired) electrons. The maximum absolute atomic E-state index is 12.8. The Kier molecular flexibility index (Phi) is 4.36. The molecule has 1 aliphatic carbocycles. The number of rotatable bonds is 3. The number of carbonyl (C=O) groups excluding carboxylic acids is 1. The molecule has 1 aromatic carbocycles. The first kappa shape index (κ1) is 16.3. The Labute approximate surface area is 133 Å². The zero-order valence-corrected chi connectivity index (χ0v) is 13.0. The number of carbonyl (C=O) groups is 1. The second-order valence-corrected chi connectivity index (χ2v) is 6.66. The van der Waals surface area contributed by atoms with Gasteiger partial charge >= 0.3 is 6.18 Å². The Bertz CT molecular complexity index is 587. The van der Waals surface area contributed by atoms with E-state index in [9.17, 15) is 18.0 Å². The Morgan fingerprint density at radius 3 is 2.78 bits per heavy atom. The first-order valence-corrected chi connectivity index (χ1v) is 8.05. The standard InChI is InChI=1S/C17H21F3N2O/c1-10-7-13(5-6-21-10)22-16(23)15-9-14(15)11-3-2-4-12(8-11)17(18,19)20/h2-4,8,10,13-15,21H,5-7,9H2,1H3,(H,22,23). The van der Waals surface area contributed by atoms with Crippen molar-refractivity contribution in [3.05, 3.63) is 35.4 Å². The van der Waals surface area contributed by atoms with Crippen LogP contribution in [-0.2, 0) is 11.0 Å². The zero-order chi connectivity index (χ0) is 16.6. The van der Waals surface area contributed by atoms with Gasteiger partial charge in [-0.1, -0.05) is 18.2 Å². The Hall–Kier alpha value is -1.56. The summed E-state index contributed by atoms with van der Waals surface area (Å²) >= 11 is 0. The summed E-state index contributed by atoms with van der Waals surface area (Å²) in [6.07, 6.45) is -1.91. The smallest absolute Gasteiger partial charge is 0.353 e. The van der Waals surface area contributed by atoms with Crippen molar-refractivity contribution in [2.24, 2.45) is 5.92 Å². The predicted octanol–water partition coefficient (Wildman–Crippen LogP) is 3.07. The van der Waals surface area contributed by atoms with Crippen LogP contribution in [-0.4, -0.2) is 24.5 Å². The lowest BCUT2D eigenvalue weighted by atomic mass is 10.00. The van der Waals surface area contributed by atoms with E-state index in [1.807, 2.05) is 0 Å². The van der Waals surface area contributed by atoms with Crippen molar-refractivity contribution in [1.29, 1.82) is 0 Å². The van der Waals surface area contributed by atoms with Gasteiger partial charge in [0.2, 0.25) is 5.91 Å². The number of piperidine rings is 1. The third kappa shape index (κ3) is 3.86. The summed E-state index contributed by atoms with van der Waals surface area (Å²) < 4.78 is 38.3. The lowest BCUT2D eigenvalue weighted by Gasteiger charge is -2.28. The Balaban J connectivity index is 1.59. The SMILES string of the molecule is CC1CC(NC(=O)C2CC2c2cccc(C(F)(F)F)c2)CCN1. The van der Waals surface area contributed by atoms with E-state index in [1.165, 1.54) is 12.1 Å². The molecule has 1 heterocycles. The number of hydrogen-bond donors (Lipinski definition) is 2. The molecule has 1 aromatic rings. The maximum atomic E-state index is 12.8. The van der Waals surface area contributed by atoms with Crippen LogP contribution in [0.2, 0.25) is 0 Å². The minimum absolute atomic E-state index is 0.0217. The van der Waals surface area contributed by atoms with Gasteiger partial charge < -0.3 is 10.6 Å². The zero-order valence-electron chi connectivity index (χ0n) is 13.0. The van der Waals surface area contributed by atoms with Crippen LogP contribution in [0.25, 0.3) is 0 Å². The van der Waals surface area contributed by atoms with Gasteiger partial charge in [0.05, 0.1) is 5.56 Å². The van der Waals surface area contributed by atoms with Crippen LogP contribution < -0.4 is 10.6 Å². The summed E-state index contributed by atoms with van der Waals surface area (Å²) in [5.41, 5.74) is -0.0353. The second kappa shape index (κ2) is 6.15. The average Bonchev–Trinajstić information content (AvgIpc) is 3.27. The molecule has 0 bridgehead atoms. The number of amides is 1. The monoisotopic (exact) mass is 326 g/mol. The minimum atomic E-state index is -4.34. The van der Waals surface area contributed by atoms with E-state index in [4.69, 9.17) is 0 Å². The quantitative estimate of drug-likeness (QED) is 0.896. The van der Waals surface area contributed by atoms with Crippen molar-refractivity contribution in [2.45, 2.75) is 50.4 Å². The number of benzene rings is 1. The molecule has 1 saturated carbocycles. The molecule has 0 aromatic heterocycles. The van der Waals surface area contributed by atoms with Gasteiger partial charge in [-0.05, 0) is 50.3 Å². The molecule has 126 valence electrons. The Morgan fingerprint density at radius 2 is 2.09 bits per heavy atom. The van der Waals surface area contributed by atoms with Gasteiger partial charge in [0, 0.05) is 18.0 Å². The molecule has 3 rings (SSSR count). The fourth-order valence-corrected chi connectivity index (χ4v) is 3.37. The van der Waals surface area contributed by atoms with E-state index >= 15 is 0 Å². The molecule has 23 heavy (non-hydrogen) atoms. The highest BCUT2D eigenvalue weighted by atomic mass is 19.4. The van der Waals surface area contributed by atoms with Crippen LogP contribution in [0.1, 0.15) is 43.2 Å². The molecular formula is C17H21F3N2O. The van der Waals surface area contributed by atoms with E-state index in [2.05, 4.69) is 17.6 Å². The van der Waals surface area contributed by atoms with Gasteiger partial charge in [0.15, 0.2) is 0 Å². The van der Waals surface area contributed by atoms with Crippen LogP contribution in [0.15, 0.2) is 24.3 Å². The van der Waals surface area contributed by atoms with Gasteiger partial charge in [0.25, 0.3) is 0 Å². The molecule has 1 aliphatic heterocycles. The van der Waals surface area contributed by atoms with E-state index in [-0.39, 0.29) is 23.8 Å². The van der Waals surface area contributed by atoms with Crippen LogP contribution in [0.4, 0.5) is 13.2 Å². The predicted molar refractivity (Wildman–Crippen MR) is 80.9 cm³/mol. The van der Waals surface area contributed by atoms with Gasteiger partial charge in [-0.15, -0.1) is 0 Å². The molecule has 4 unspecified atom stereocenters. The maximum Gasteiger partial charge on any atom is 0.416 e. The van der Waals surface area contributed by atoms with E-state index in [0.717, 1.165) is 25.5 Å². The van der Waals surface area contributed by atoms with E-state index in [0.29, 0.717) is 18.0 Å². The molecule has 1 amide bonds. The summed E-state index contributed by atoms with van der Waals surface area (Å²) in [5.74, 6) is -0.299. The van der Waals surface area contributed by atoms with Gasteiger partial charge in [-0.25, -0.2) is 0 Å². The minimum Gasteiger partial charge on any atom is -0.353 e. The summed E-state index contributed by atoms with van der Waals surface area (Å²) in [7, 11) is 0. The van der Waals surface area contributed by atoms with Crippen LogP contribution in [0.5, 0.6) is 0 Å². The van der Waals surface area contributed by atoms with Crippen LogP contribution in [0, 0.1) is 5.92 Å². The normalized spacial score (nSPS) is 30.8. The van der Waals surface area contributed by atoms with Crippen molar-refractivity contribution in [1.82, 2.24) is 10.6 Å².